The maximum atomic E-state index is 12.3. The zero-order chi connectivity index (χ0) is 15.4. The summed E-state index contributed by atoms with van der Waals surface area (Å²) in [5, 5.41) is 0. The van der Waals surface area contributed by atoms with Crippen LogP contribution in [0.2, 0.25) is 0 Å². The van der Waals surface area contributed by atoms with Crippen molar-refractivity contribution in [2.45, 2.75) is 25.0 Å². The summed E-state index contributed by atoms with van der Waals surface area (Å²) in [7, 11) is 0. The van der Waals surface area contributed by atoms with Gasteiger partial charge in [0.2, 0.25) is 5.91 Å². The molecular weight excluding hydrogens is 349 g/mol. The SMILES string of the molecule is Cl.Cl.NCC(=O)N1CCO[C@@H](CN2CCCC2)[C@@H]1c1ccccc1. The molecule has 0 aliphatic carbocycles. The van der Waals surface area contributed by atoms with Crippen LogP contribution in [0.1, 0.15) is 24.4 Å². The van der Waals surface area contributed by atoms with Gasteiger partial charge in [0, 0.05) is 13.1 Å². The van der Waals surface area contributed by atoms with Gasteiger partial charge >= 0.3 is 0 Å². The number of hydrogen-bond acceptors (Lipinski definition) is 4. The van der Waals surface area contributed by atoms with Crippen LogP contribution < -0.4 is 5.73 Å². The summed E-state index contributed by atoms with van der Waals surface area (Å²) in [5.74, 6) is 0.00331. The normalized spacial score (nSPS) is 24.1. The van der Waals surface area contributed by atoms with Crippen molar-refractivity contribution in [3.8, 4) is 0 Å². The van der Waals surface area contributed by atoms with Gasteiger partial charge in [0.05, 0.1) is 25.3 Å². The summed E-state index contributed by atoms with van der Waals surface area (Å²) in [4.78, 5) is 16.6. The van der Waals surface area contributed by atoms with Gasteiger partial charge < -0.3 is 20.3 Å². The highest BCUT2D eigenvalue weighted by Crippen LogP contribution is 2.30. The number of benzene rings is 1. The van der Waals surface area contributed by atoms with Crippen LogP contribution in [0.15, 0.2) is 30.3 Å². The number of ether oxygens (including phenoxy) is 1. The second kappa shape index (κ2) is 10.2. The van der Waals surface area contributed by atoms with Gasteiger partial charge in [-0.1, -0.05) is 30.3 Å². The lowest BCUT2D eigenvalue weighted by Crippen LogP contribution is -2.52. The van der Waals surface area contributed by atoms with Gasteiger partial charge in [0.25, 0.3) is 0 Å². The Kier molecular flexibility index (Phi) is 9.02. The smallest absolute Gasteiger partial charge is 0.236 e. The minimum absolute atomic E-state index is 0. The fourth-order valence-corrected chi connectivity index (χ4v) is 3.55. The topological polar surface area (TPSA) is 58.8 Å². The molecule has 0 unspecified atom stereocenters. The van der Waals surface area contributed by atoms with Gasteiger partial charge in [-0.25, -0.2) is 0 Å². The van der Waals surface area contributed by atoms with Crippen molar-refractivity contribution in [2.75, 3.05) is 39.3 Å². The van der Waals surface area contributed by atoms with Crippen molar-refractivity contribution in [3.63, 3.8) is 0 Å². The van der Waals surface area contributed by atoms with Gasteiger partial charge in [-0.15, -0.1) is 24.8 Å². The first-order chi connectivity index (χ1) is 10.8. The summed E-state index contributed by atoms with van der Waals surface area (Å²) in [6, 6.07) is 10.1. The number of hydrogen-bond donors (Lipinski definition) is 1. The van der Waals surface area contributed by atoms with Crippen molar-refractivity contribution in [3.05, 3.63) is 35.9 Å². The molecule has 0 bridgehead atoms. The monoisotopic (exact) mass is 375 g/mol. The molecule has 0 saturated carbocycles. The molecule has 2 fully saturated rings. The number of nitrogens with two attached hydrogens (primary N) is 1. The number of amides is 1. The van der Waals surface area contributed by atoms with E-state index in [9.17, 15) is 4.79 Å². The van der Waals surface area contributed by atoms with Gasteiger partial charge in [0.1, 0.15) is 0 Å². The van der Waals surface area contributed by atoms with E-state index >= 15 is 0 Å². The Balaban J connectivity index is 0.00000144. The van der Waals surface area contributed by atoms with Gasteiger partial charge in [-0.05, 0) is 31.5 Å². The Hall–Kier alpha value is -0.850. The van der Waals surface area contributed by atoms with Gasteiger partial charge in [0.15, 0.2) is 0 Å². The lowest BCUT2D eigenvalue weighted by Gasteiger charge is -2.42. The Labute approximate surface area is 156 Å². The third-order valence-corrected chi connectivity index (χ3v) is 4.62. The summed E-state index contributed by atoms with van der Waals surface area (Å²) in [6.45, 7) is 4.41. The highest BCUT2D eigenvalue weighted by Gasteiger charge is 2.37. The molecule has 5 nitrogen and oxygen atoms in total. The van der Waals surface area contributed by atoms with Gasteiger partial charge in [-0.3, -0.25) is 4.79 Å². The van der Waals surface area contributed by atoms with E-state index in [1.807, 2.05) is 23.1 Å². The van der Waals surface area contributed by atoms with Crippen molar-refractivity contribution >= 4 is 30.7 Å². The Morgan fingerprint density at radius 1 is 1.12 bits per heavy atom. The molecule has 2 aliphatic rings. The van der Waals surface area contributed by atoms with Crippen LogP contribution in [0.3, 0.4) is 0 Å². The molecule has 0 spiro atoms. The van der Waals surface area contributed by atoms with Crippen LogP contribution in [-0.2, 0) is 9.53 Å². The van der Waals surface area contributed by atoms with Crippen LogP contribution in [0, 0.1) is 0 Å². The number of halogens is 2. The number of carbonyl (C=O) groups excluding carboxylic acids is 1. The molecule has 3 rings (SSSR count). The fraction of sp³-hybridized carbons (Fsp3) is 0.588. The Bertz CT molecular complexity index is 498. The number of nitrogens with zero attached hydrogens (tertiary/aromatic N) is 2. The largest absolute Gasteiger partial charge is 0.373 e. The third kappa shape index (κ3) is 4.83. The predicted molar refractivity (Wildman–Crippen MR) is 99.9 cm³/mol. The molecule has 0 aromatic heterocycles. The number of rotatable bonds is 4. The van der Waals surface area contributed by atoms with Crippen molar-refractivity contribution in [1.82, 2.24) is 9.80 Å². The molecule has 2 aliphatic heterocycles. The minimum Gasteiger partial charge on any atom is -0.373 e. The van der Waals surface area contributed by atoms with E-state index in [4.69, 9.17) is 10.5 Å². The summed E-state index contributed by atoms with van der Waals surface area (Å²) in [5.41, 5.74) is 6.74. The summed E-state index contributed by atoms with van der Waals surface area (Å²) < 4.78 is 6.06. The maximum absolute atomic E-state index is 12.3. The minimum atomic E-state index is -0.0356. The molecule has 2 atom stereocenters. The summed E-state index contributed by atoms with van der Waals surface area (Å²) >= 11 is 0. The number of carbonyl (C=O) groups is 1. The molecule has 136 valence electrons. The molecule has 1 amide bonds. The van der Waals surface area contributed by atoms with Crippen LogP contribution >= 0.6 is 24.8 Å². The van der Waals surface area contributed by atoms with Gasteiger partial charge in [-0.2, -0.15) is 0 Å². The maximum Gasteiger partial charge on any atom is 0.236 e. The average molecular weight is 376 g/mol. The Morgan fingerprint density at radius 3 is 2.42 bits per heavy atom. The van der Waals surface area contributed by atoms with Crippen LogP contribution in [-0.4, -0.2) is 61.1 Å². The average Bonchev–Trinajstić information content (AvgIpc) is 3.08. The van der Waals surface area contributed by atoms with E-state index < -0.39 is 0 Å². The zero-order valence-electron chi connectivity index (χ0n) is 13.8. The second-order valence-corrected chi connectivity index (χ2v) is 6.06. The zero-order valence-corrected chi connectivity index (χ0v) is 15.4. The van der Waals surface area contributed by atoms with Crippen LogP contribution in [0.25, 0.3) is 0 Å². The predicted octanol–water partition coefficient (Wildman–Crippen LogP) is 1.85. The standard InChI is InChI=1S/C17H25N3O2.2ClH/c18-12-16(21)20-10-11-22-15(13-19-8-4-5-9-19)17(20)14-6-2-1-3-7-14;;/h1-3,6-7,15,17H,4-5,8-13,18H2;2*1H/t15-,17-;;/m0../s1. The number of morpholine rings is 1. The third-order valence-electron chi connectivity index (χ3n) is 4.62. The lowest BCUT2D eigenvalue weighted by molar-refractivity contribution is -0.146. The fourth-order valence-electron chi connectivity index (χ4n) is 3.55. The summed E-state index contributed by atoms with van der Waals surface area (Å²) in [6.07, 6.45) is 2.53. The van der Waals surface area contributed by atoms with E-state index in [0.717, 1.165) is 25.2 Å². The quantitative estimate of drug-likeness (QED) is 0.872. The van der Waals surface area contributed by atoms with E-state index in [2.05, 4.69) is 17.0 Å². The van der Waals surface area contributed by atoms with Crippen LogP contribution in [0.4, 0.5) is 0 Å². The van der Waals surface area contributed by atoms with Crippen LogP contribution in [0.5, 0.6) is 0 Å². The first kappa shape index (κ1) is 21.2. The molecule has 24 heavy (non-hydrogen) atoms. The molecule has 2 heterocycles. The molecule has 2 saturated heterocycles. The molecule has 7 heteroatoms. The first-order valence-electron chi connectivity index (χ1n) is 8.18. The van der Waals surface area contributed by atoms with Crippen molar-refractivity contribution < 1.29 is 9.53 Å². The number of likely N-dealkylation sites (tertiary alicyclic amines) is 1. The first-order valence-corrected chi connectivity index (χ1v) is 8.18. The lowest BCUT2D eigenvalue weighted by atomic mass is 9.97. The molecule has 2 N–H and O–H groups in total. The van der Waals surface area contributed by atoms with E-state index in [1.54, 1.807) is 0 Å². The molecular formula is C17H27Cl2N3O2. The van der Waals surface area contributed by atoms with E-state index in [0.29, 0.717) is 13.2 Å². The Morgan fingerprint density at radius 2 is 1.79 bits per heavy atom. The van der Waals surface area contributed by atoms with E-state index in [-0.39, 0.29) is 49.4 Å². The van der Waals surface area contributed by atoms with Crippen molar-refractivity contribution in [1.29, 1.82) is 0 Å². The second-order valence-electron chi connectivity index (χ2n) is 6.06. The molecule has 1 aromatic carbocycles. The van der Waals surface area contributed by atoms with E-state index in [1.165, 1.54) is 12.8 Å². The van der Waals surface area contributed by atoms with Crippen molar-refractivity contribution in [2.24, 2.45) is 5.73 Å². The molecule has 0 radical (unpaired) electrons. The highest BCUT2D eigenvalue weighted by molar-refractivity contribution is 5.85. The highest BCUT2D eigenvalue weighted by atomic mass is 35.5. The molecule has 1 aromatic rings.